The molecule has 0 saturated heterocycles. The van der Waals surface area contributed by atoms with Crippen molar-refractivity contribution in [2.75, 3.05) is 0 Å². The van der Waals surface area contributed by atoms with Gasteiger partial charge in [0.05, 0.1) is 0 Å². The van der Waals surface area contributed by atoms with Crippen LogP contribution in [-0.4, -0.2) is 0 Å². The SMILES string of the molecule is CC.CCCCC(CC)C(C)(C)CC. The molecule has 88 valence electrons. The fourth-order valence-electron chi connectivity index (χ4n) is 1.89. The maximum absolute atomic E-state index is 2.41. The predicted octanol–water partition coefficient (Wildman–Crippen LogP) is 5.67. The molecule has 0 saturated carbocycles. The van der Waals surface area contributed by atoms with Crippen molar-refractivity contribution in [3.8, 4) is 0 Å². The van der Waals surface area contributed by atoms with Gasteiger partial charge in [0.1, 0.15) is 0 Å². The molecule has 0 fully saturated rings. The van der Waals surface area contributed by atoms with Crippen molar-refractivity contribution in [1.29, 1.82) is 0 Å². The molecule has 0 aromatic heterocycles. The molecule has 0 rings (SSSR count). The maximum Gasteiger partial charge on any atom is -0.0329 e. The number of hydrogen-bond acceptors (Lipinski definition) is 0. The van der Waals surface area contributed by atoms with Gasteiger partial charge in [0.25, 0.3) is 0 Å². The minimum absolute atomic E-state index is 0.559. The topological polar surface area (TPSA) is 0 Å². The average molecular weight is 200 g/mol. The lowest BCUT2D eigenvalue weighted by molar-refractivity contribution is 0.181. The first-order valence-electron chi connectivity index (χ1n) is 6.58. The first kappa shape index (κ1) is 16.4. The van der Waals surface area contributed by atoms with Crippen molar-refractivity contribution in [1.82, 2.24) is 0 Å². The molecule has 0 aromatic rings. The van der Waals surface area contributed by atoms with E-state index in [1.807, 2.05) is 13.8 Å². The van der Waals surface area contributed by atoms with Crippen LogP contribution in [0.2, 0.25) is 0 Å². The quantitative estimate of drug-likeness (QED) is 0.518. The number of hydrogen-bond donors (Lipinski definition) is 0. The molecule has 1 unspecified atom stereocenters. The summed E-state index contributed by atoms with van der Waals surface area (Å²) in [6.07, 6.45) is 6.84. The van der Waals surface area contributed by atoms with Crippen molar-refractivity contribution >= 4 is 0 Å². The van der Waals surface area contributed by atoms with E-state index < -0.39 is 0 Å². The van der Waals surface area contributed by atoms with E-state index in [1.54, 1.807) is 0 Å². The Balaban J connectivity index is 0. The Labute approximate surface area is 92.5 Å². The summed E-state index contributed by atoms with van der Waals surface area (Å²) in [5, 5.41) is 0. The van der Waals surface area contributed by atoms with Gasteiger partial charge in [-0.15, -0.1) is 0 Å². The summed E-state index contributed by atoms with van der Waals surface area (Å²) < 4.78 is 0. The third-order valence-corrected chi connectivity index (χ3v) is 3.42. The Morgan fingerprint density at radius 1 is 1.00 bits per heavy atom. The van der Waals surface area contributed by atoms with Crippen LogP contribution in [0.3, 0.4) is 0 Å². The summed E-state index contributed by atoms with van der Waals surface area (Å²) >= 11 is 0. The molecule has 0 radical (unpaired) electrons. The van der Waals surface area contributed by atoms with Gasteiger partial charge in [0.15, 0.2) is 0 Å². The van der Waals surface area contributed by atoms with Crippen LogP contribution in [0, 0.1) is 11.3 Å². The van der Waals surface area contributed by atoms with Gasteiger partial charge in [-0.3, -0.25) is 0 Å². The molecule has 0 heterocycles. The molecule has 0 heteroatoms. The second-order valence-electron chi connectivity index (χ2n) is 4.59. The lowest BCUT2D eigenvalue weighted by Crippen LogP contribution is -2.22. The molecule has 0 bridgehead atoms. The molecule has 14 heavy (non-hydrogen) atoms. The van der Waals surface area contributed by atoms with Crippen molar-refractivity contribution in [3.63, 3.8) is 0 Å². The van der Waals surface area contributed by atoms with Crippen molar-refractivity contribution in [3.05, 3.63) is 0 Å². The second kappa shape index (κ2) is 9.55. The fraction of sp³-hybridized carbons (Fsp3) is 1.00. The lowest BCUT2D eigenvalue weighted by Gasteiger charge is -2.33. The van der Waals surface area contributed by atoms with Crippen LogP contribution in [0.15, 0.2) is 0 Å². The van der Waals surface area contributed by atoms with E-state index in [0.29, 0.717) is 5.41 Å². The minimum atomic E-state index is 0.559. The Bertz CT molecular complexity index is 103. The first-order chi connectivity index (χ1) is 6.58. The highest BCUT2D eigenvalue weighted by molar-refractivity contribution is 4.75. The number of unbranched alkanes of at least 4 members (excludes halogenated alkanes) is 1. The fourth-order valence-corrected chi connectivity index (χ4v) is 1.89. The maximum atomic E-state index is 2.41. The van der Waals surface area contributed by atoms with E-state index in [-0.39, 0.29) is 0 Å². The predicted molar refractivity (Wildman–Crippen MR) is 68.7 cm³/mol. The van der Waals surface area contributed by atoms with Crippen molar-refractivity contribution < 1.29 is 0 Å². The standard InChI is InChI=1S/C12H26.C2H6/c1-6-9-10-11(7-2)12(4,5)8-3;1-2/h11H,6-10H2,1-5H3;1-2H3. The minimum Gasteiger partial charge on any atom is -0.0683 e. The van der Waals surface area contributed by atoms with Crippen LogP contribution in [-0.2, 0) is 0 Å². The van der Waals surface area contributed by atoms with Crippen molar-refractivity contribution in [2.45, 2.75) is 80.6 Å². The molecule has 0 aliphatic rings. The zero-order chi connectivity index (χ0) is 11.6. The highest BCUT2D eigenvalue weighted by Gasteiger charge is 2.25. The van der Waals surface area contributed by atoms with Crippen molar-refractivity contribution in [2.24, 2.45) is 11.3 Å². The van der Waals surface area contributed by atoms with Gasteiger partial charge in [-0.05, 0) is 17.8 Å². The molecule has 0 N–H and O–H groups in total. The van der Waals surface area contributed by atoms with Crippen LogP contribution in [0.1, 0.15) is 80.6 Å². The van der Waals surface area contributed by atoms with Crippen LogP contribution in [0.25, 0.3) is 0 Å². The zero-order valence-corrected chi connectivity index (χ0v) is 11.6. The third kappa shape index (κ3) is 6.45. The molecule has 0 amide bonds. The van der Waals surface area contributed by atoms with E-state index in [4.69, 9.17) is 0 Å². The van der Waals surface area contributed by atoms with Gasteiger partial charge < -0.3 is 0 Å². The van der Waals surface area contributed by atoms with E-state index >= 15 is 0 Å². The van der Waals surface area contributed by atoms with Crippen LogP contribution in [0.4, 0.5) is 0 Å². The van der Waals surface area contributed by atoms with E-state index in [2.05, 4.69) is 34.6 Å². The van der Waals surface area contributed by atoms with Crippen LogP contribution >= 0.6 is 0 Å². The highest BCUT2D eigenvalue weighted by atomic mass is 14.3. The van der Waals surface area contributed by atoms with Gasteiger partial charge in [0.2, 0.25) is 0 Å². The molecule has 1 atom stereocenters. The summed E-state index contributed by atoms with van der Waals surface area (Å²) in [6, 6.07) is 0. The van der Waals surface area contributed by atoms with Gasteiger partial charge >= 0.3 is 0 Å². The monoisotopic (exact) mass is 200 g/mol. The summed E-state index contributed by atoms with van der Waals surface area (Å²) in [7, 11) is 0. The molecule has 0 aromatic carbocycles. The Morgan fingerprint density at radius 2 is 1.50 bits per heavy atom. The van der Waals surface area contributed by atoms with Gasteiger partial charge in [-0.2, -0.15) is 0 Å². The van der Waals surface area contributed by atoms with Gasteiger partial charge in [0, 0.05) is 0 Å². The molecule has 0 aliphatic heterocycles. The molecule has 0 aliphatic carbocycles. The highest BCUT2D eigenvalue weighted by Crippen LogP contribution is 2.35. The molecule has 0 nitrogen and oxygen atoms in total. The zero-order valence-electron chi connectivity index (χ0n) is 11.6. The second-order valence-corrected chi connectivity index (χ2v) is 4.59. The normalized spacial score (nSPS) is 13.1. The van der Waals surface area contributed by atoms with Crippen LogP contribution < -0.4 is 0 Å². The Morgan fingerprint density at radius 3 is 1.79 bits per heavy atom. The molecule has 0 spiro atoms. The molecular weight excluding hydrogens is 168 g/mol. The number of rotatable bonds is 6. The summed E-state index contributed by atoms with van der Waals surface area (Å²) in [4.78, 5) is 0. The summed E-state index contributed by atoms with van der Waals surface area (Å²) in [5.74, 6) is 0.933. The van der Waals surface area contributed by atoms with Gasteiger partial charge in [-0.25, -0.2) is 0 Å². The van der Waals surface area contributed by atoms with Crippen LogP contribution in [0.5, 0.6) is 0 Å². The average Bonchev–Trinajstić information content (AvgIpc) is 2.22. The molecular formula is C14H32. The lowest BCUT2D eigenvalue weighted by atomic mass is 9.73. The smallest absolute Gasteiger partial charge is 0.0329 e. The van der Waals surface area contributed by atoms with E-state index in [0.717, 1.165) is 5.92 Å². The third-order valence-electron chi connectivity index (χ3n) is 3.42. The Kier molecular flexibility index (Phi) is 11.2. The van der Waals surface area contributed by atoms with E-state index in [1.165, 1.54) is 32.1 Å². The van der Waals surface area contributed by atoms with E-state index in [9.17, 15) is 0 Å². The van der Waals surface area contributed by atoms with Gasteiger partial charge in [-0.1, -0.05) is 74.1 Å². The summed E-state index contributed by atoms with van der Waals surface area (Å²) in [6.45, 7) is 15.8. The first-order valence-corrected chi connectivity index (χ1v) is 6.58. The summed E-state index contributed by atoms with van der Waals surface area (Å²) in [5.41, 5.74) is 0.559. The largest absolute Gasteiger partial charge is 0.0683 e. The Hall–Kier alpha value is 0.